The van der Waals surface area contributed by atoms with E-state index in [1.54, 1.807) is 30.3 Å². The minimum absolute atomic E-state index is 0.327. The molecule has 0 bridgehead atoms. The lowest BCUT2D eigenvalue weighted by atomic mass is 10.1. The van der Waals surface area contributed by atoms with E-state index in [4.69, 9.17) is 0 Å². The molecule has 0 aliphatic rings. The van der Waals surface area contributed by atoms with Crippen molar-refractivity contribution >= 4 is 34.0 Å². The van der Waals surface area contributed by atoms with E-state index >= 15 is 0 Å². The summed E-state index contributed by atoms with van der Waals surface area (Å²) in [6.07, 6.45) is 0. The van der Waals surface area contributed by atoms with Crippen molar-refractivity contribution in [2.75, 3.05) is 0 Å². The highest BCUT2D eigenvalue weighted by atomic mass is 31.2. The molecule has 0 N–H and O–H groups in total. The maximum absolute atomic E-state index is 14.2. The minimum Gasteiger partial charge on any atom is -0.305 e. The van der Waals surface area contributed by atoms with Crippen LogP contribution >= 0.6 is 7.14 Å². The fourth-order valence-corrected chi connectivity index (χ4v) is 5.73. The fourth-order valence-electron chi connectivity index (χ4n) is 3.24. The zero-order chi connectivity index (χ0) is 18.0. The summed E-state index contributed by atoms with van der Waals surface area (Å²) in [6, 6.07) is 31.4. The highest BCUT2D eigenvalue weighted by molar-refractivity contribution is 7.93. The summed E-state index contributed by atoms with van der Waals surface area (Å²) in [4.78, 5) is 13.6. The van der Waals surface area contributed by atoms with Crippen molar-refractivity contribution in [3.8, 4) is 0 Å². The summed E-state index contributed by atoms with van der Waals surface area (Å²) < 4.78 is 14.2. The van der Waals surface area contributed by atoms with Gasteiger partial charge < -0.3 is 4.57 Å². The lowest BCUT2D eigenvalue weighted by molar-refractivity contribution is 0.107. The van der Waals surface area contributed by atoms with Crippen LogP contribution in [0.15, 0.2) is 103 Å². The molecule has 0 saturated heterocycles. The van der Waals surface area contributed by atoms with E-state index in [1.807, 2.05) is 72.8 Å². The van der Waals surface area contributed by atoms with Gasteiger partial charge in [-0.05, 0) is 10.8 Å². The van der Waals surface area contributed by atoms with E-state index in [1.165, 1.54) is 0 Å². The molecule has 0 aromatic heterocycles. The first-order valence-corrected chi connectivity index (χ1v) is 10.2. The Morgan fingerprint density at radius 3 is 1.69 bits per heavy atom. The van der Waals surface area contributed by atoms with Gasteiger partial charge in [0.2, 0.25) is 12.7 Å². The predicted octanol–water partition coefficient (Wildman–Crippen LogP) is 4.99. The van der Waals surface area contributed by atoms with Crippen LogP contribution in [0.4, 0.5) is 0 Å². The first-order valence-electron chi connectivity index (χ1n) is 8.45. The van der Waals surface area contributed by atoms with Crippen LogP contribution in [0.3, 0.4) is 0 Å². The maximum Gasteiger partial charge on any atom is 0.230 e. The number of benzene rings is 4. The molecule has 0 heterocycles. The molecule has 0 aliphatic heterocycles. The molecule has 0 spiro atoms. The smallest absolute Gasteiger partial charge is 0.230 e. The van der Waals surface area contributed by atoms with Crippen molar-refractivity contribution in [2.24, 2.45) is 0 Å². The summed E-state index contributed by atoms with van der Waals surface area (Å²) in [5.41, 5.74) is 0.172. The van der Waals surface area contributed by atoms with Gasteiger partial charge in [-0.1, -0.05) is 103 Å². The third-order valence-corrected chi connectivity index (χ3v) is 7.41. The van der Waals surface area contributed by atoms with E-state index in [0.717, 1.165) is 10.8 Å². The number of carbonyl (C=O) groups excluding carboxylic acids is 1. The van der Waals surface area contributed by atoms with Crippen LogP contribution in [0.1, 0.15) is 10.4 Å². The van der Waals surface area contributed by atoms with Crippen molar-refractivity contribution in [1.29, 1.82) is 0 Å². The Labute approximate surface area is 152 Å². The predicted molar refractivity (Wildman–Crippen MR) is 108 cm³/mol. The Hall–Kier alpha value is -2.96. The van der Waals surface area contributed by atoms with E-state index in [9.17, 15) is 9.36 Å². The second kappa shape index (κ2) is 6.74. The Bertz CT molecular complexity index is 1070. The largest absolute Gasteiger partial charge is 0.305 e. The van der Waals surface area contributed by atoms with Crippen molar-refractivity contribution in [1.82, 2.24) is 0 Å². The molecule has 0 atom stereocenters. The maximum atomic E-state index is 14.2. The van der Waals surface area contributed by atoms with E-state index < -0.39 is 7.14 Å². The first kappa shape index (κ1) is 16.5. The molecule has 2 nitrogen and oxygen atoms in total. The zero-order valence-electron chi connectivity index (χ0n) is 14.1. The van der Waals surface area contributed by atoms with Crippen molar-refractivity contribution < 1.29 is 9.36 Å². The molecule has 0 radical (unpaired) electrons. The molecule has 26 heavy (non-hydrogen) atoms. The standard InChI is InChI=1S/C23H17O2P/c24-23(22-17-9-11-18-10-7-8-16-21(18)22)26(25,19-12-3-1-4-13-19)20-14-5-2-6-15-20/h1-17H. The van der Waals surface area contributed by atoms with Crippen molar-refractivity contribution in [3.63, 3.8) is 0 Å². The molecule has 4 aromatic rings. The highest BCUT2D eigenvalue weighted by Gasteiger charge is 2.37. The summed E-state index contributed by atoms with van der Waals surface area (Å²) in [7, 11) is -3.48. The second-order valence-electron chi connectivity index (χ2n) is 6.11. The fraction of sp³-hybridized carbons (Fsp3) is 0. The zero-order valence-corrected chi connectivity index (χ0v) is 15.0. The van der Waals surface area contributed by atoms with Gasteiger partial charge in [-0.15, -0.1) is 0 Å². The quantitative estimate of drug-likeness (QED) is 0.483. The molecule has 0 saturated carbocycles. The van der Waals surface area contributed by atoms with Gasteiger partial charge in [0, 0.05) is 16.2 Å². The Balaban J connectivity index is 1.98. The second-order valence-corrected chi connectivity index (χ2v) is 8.77. The number of hydrogen-bond acceptors (Lipinski definition) is 2. The Kier molecular flexibility index (Phi) is 4.28. The van der Waals surface area contributed by atoms with Gasteiger partial charge in [0.25, 0.3) is 0 Å². The lowest BCUT2D eigenvalue weighted by Gasteiger charge is -2.19. The van der Waals surface area contributed by atoms with Crippen LogP contribution in [0.5, 0.6) is 0 Å². The third kappa shape index (κ3) is 2.69. The van der Waals surface area contributed by atoms with Gasteiger partial charge in [0.05, 0.1) is 0 Å². The van der Waals surface area contributed by atoms with Gasteiger partial charge >= 0.3 is 0 Å². The monoisotopic (exact) mass is 356 g/mol. The van der Waals surface area contributed by atoms with Gasteiger partial charge in [0.15, 0.2) is 0 Å². The number of rotatable bonds is 4. The number of carbonyl (C=O) groups is 1. The molecule has 3 heteroatoms. The van der Waals surface area contributed by atoms with Crippen molar-refractivity contribution in [2.45, 2.75) is 0 Å². The lowest BCUT2D eigenvalue weighted by Crippen LogP contribution is -2.22. The molecular formula is C23H17O2P. The van der Waals surface area contributed by atoms with Gasteiger partial charge in [-0.25, -0.2) is 0 Å². The molecule has 4 rings (SSSR count). The molecule has 0 amide bonds. The van der Waals surface area contributed by atoms with Crippen LogP contribution < -0.4 is 10.6 Å². The van der Waals surface area contributed by atoms with Crippen LogP contribution in [0, 0.1) is 0 Å². The molecular weight excluding hydrogens is 339 g/mol. The Morgan fingerprint density at radius 2 is 1.08 bits per heavy atom. The van der Waals surface area contributed by atoms with E-state index in [2.05, 4.69) is 0 Å². The van der Waals surface area contributed by atoms with Gasteiger partial charge in [-0.3, -0.25) is 4.79 Å². The van der Waals surface area contributed by atoms with Crippen LogP contribution in [0.25, 0.3) is 10.8 Å². The summed E-state index contributed by atoms with van der Waals surface area (Å²) in [5, 5.41) is 2.91. The average molecular weight is 356 g/mol. The molecule has 0 aliphatic carbocycles. The number of fused-ring (bicyclic) bond motifs is 1. The van der Waals surface area contributed by atoms with Crippen molar-refractivity contribution in [3.05, 3.63) is 109 Å². The highest BCUT2D eigenvalue weighted by Crippen LogP contribution is 2.47. The molecule has 0 fully saturated rings. The summed E-state index contributed by atoms with van der Waals surface area (Å²) in [6.45, 7) is 0. The topological polar surface area (TPSA) is 34.1 Å². The van der Waals surface area contributed by atoms with Crippen LogP contribution in [-0.2, 0) is 4.57 Å². The average Bonchev–Trinajstić information content (AvgIpc) is 2.73. The van der Waals surface area contributed by atoms with E-state index in [0.29, 0.717) is 16.2 Å². The minimum atomic E-state index is -3.48. The molecule has 0 unspecified atom stereocenters. The third-order valence-electron chi connectivity index (χ3n) is 4.55. The number of hydrogen-bond donors (Lipinski definition) is 0. The van der Waals surface area contributed by atoms with Crippen LogP contribution in [0.2, 0.25) is 0 Å². The summed E-state index contributed by atoms with van der Waals surface area (Å²) >= 11 is 0. The Morgan fingerprint density at radius 1 is 0.577 bits per heavy atom. The first-order chi connectivity index (χ1) is 12.7. The molecule has 4 aromatic carbocycles. The molecule has 126 valence electrons. The summed E-state index contributed by atoms with van der Waals surface area (Å²) in [5.74, 6) is 0. The van der Waals surface area contributed by atoms with Gasteiger partial charge in [-0.2, -0.15) is 0 Å². The SMILES string of the molecule is O=C(c1cccc2ccccc12)P(=O)(c1ccccc1)c1ccccc1. The van der Waals surface area contributed by atoms with E-state index in [-0.39, 0.29) is 5.52 Å². The van der Waals surface area contributed by atoms with Gasteiger partial charge in [0.1, 0.15) is 0 Å². The normalized spacial score (nSPS) is 11.4. The van der Waals surface area contributed by atoms with Crippen LogP contribution in [-0.4, -0.2) is 5.52 Å².